The molecule has 0 amide bonds. The van der Waals surface area contributed by atoms with Crippen LogP contribution >= 0.6 is 0 Å². The maximum absolute atomic E-state index is 11.0. The van der Waals surface area contributed by atoms with Crippen molar-refractivity contribution in [2.45, 2.75) is 12.5 Å². The van der Waals surface area contributed by atoms with E-state index in [2.05, 4.69) is 5.32 Å². The molecule has 1 aromatic carbocycles. The van der Waals surface area contributed by atoms with Crippen LogP contribution in [0.1, 0.15) is 18.0 Å². The summed E-state index contributed by atoms with van der Waals surface area (Å²) in [5.41, 5.74) is 0.491. The second kappa shape index (κ2) is 6.09. The number of rotatable bonds is 6. The molecule has 0 spiro atoms. The second-order valence-electron chi connectivity index (χ2n) is 3.40. The molecule has 0 fully saturated rings. The van der Waals surface area contributed by atoms with Crippen LogP contribution in [0.4, 0.5) is 0 Å². The highest BCUT2D eigenvalue weighted by Crippen LogP contribution is 2.18. The summed E-state index contributed by atoms with van der Waals surface area (Å²) < 4.78 is 0. The number of nitrogens with one attached hydrogen (secondary N) is 1. The Labute approximate surface area is 93.4 Å². The van der Waals surface area contributed by atoms with E-state index in [0.29, 0.717) is 18.5 Å². The van der Waals surface area contributed by atoms with E-state index in [1.807, 2.05) is 0 Å². The number of benzene rings is 1. The summed E-state index contributed by atoms with van der Waals surface area (Å²) >= 11 is 0. The lowest BCUT2D eigenvalue weighted by molar-refractivity contribution is -0.139. The van der Waals surface area contributed by atoms with Crippen molar-refractivity contribution >= 4 is 5.97 Å². The van der Waals surface area contributed by atoms with Gasteiger partial charge in [-0.15, -0.1) is 0 Å². The molecular formula is C11H15NO4. The number of aromatic hydroxyl groups is 1. The van der Waals surface area contributed by atoms with Crippen LogP contribution < -0.4 is 5.32 Å². The van der Waals surface area contributed by atoms with E-state index in [4.69, 9.17) is 10.2 Å². The molecule has 88 valence electrons. The van der Waals surface area contributed by atoms with Crippen molar-refractivity contribution in [1.29, 1.82) is 0 Å². The Hall–Kier alpha value is -1.59. The van der Waals surface area contributed by atoms with Crippen LogP contribution in [-0.4, -0.2) is 34.4 Å². The van der Waals surface area contributed by atoms with E-state index in [0.717, 1.165) is 0 Å². The molecule has 1 aromatic rings. The predicted molar refractivity (Wildman–Crippen MR) is 58.2 cm³/mol. The van der Waals surface area contributed by atoms with E-state index >= 15 is 0 Å². The van der Waals surface area contributed by atoms with Gasteiger partial charge < -0.3 is 20.6 Å². The molecule has 0 aliphatic rings. The first-order chi connectivity index (χ1) is 7.65. The van der Waals surface area contributed by atoms with Crippen LogP contribution in [-0.2, 0) is 4.79 Å². The van der Waals surface area contributed by atoms with Crippen LogP contribution in [0.5, 0.6) is 5.75 Å². The predicted octanol–water partition coefficient (Wildman–Crippen LogP) is 0.490. The van der Waals surface area contributed by atoms with Crippen LogP contribution in [0.15, 0.2) is 24.3 Å². The average Bonchev–Trinajstić information content (AvgIpc) is 2.24. The first-order valence-electron chi connectivity index (χ1n) is 5.01. The number of aliphatic hydroxyl groups excluding tert-OH is 1. The molecule has 0 heterocycles. The standard InChI is InChI=1S/C11H15NO4/c13-6-2-5-12-10(11(15)16)8-3-1-4-9(14)7-8/h1,3-4,7,10,12-14H,2,5-6H2,(H,15,16). The lowest BCUT2D eigenvalue weighted by atomic mass is 10.1. The fourth-order valence-electron chi connectivity index (χ4n) is 1.38. The van der Waals surface area contributed by atoms with Gasteiger partial charge in [0.15, 0.2) is 0 Å². The van der Waals surface area contributed by atoms with Crippen LogP contribution in [0.3, 0.4) is 0 Å². The number of hydrogen-bond donors (Lipinski definition) is 4. The van der Waals surface area contributed by atoms with E-state index in [-0.39, 0.29) is 12.4 Å². The maximum atomic E-state index is 11.0. The molecule has 0 aromatic heterocycles. The van der Waals surface area contributed by atoms with Gasteiger partial charge in [0, 0.05) is 6.61 Å². The summed E-state index contributed by atoms with van der Waals surface area (Å²) in [5, 5.41) is 29.7. The highest BCUT2D eigenvalue weighted by molar-refractivity contribution is 5.75. The number of aliphatic hydroxyl groups is 1. The number of phenols is 1. The largest absolute Gasteiger partial charge is 0.508 e. The molecule has 0 saturated carbocycles. The van der Waals surface area contributed by atoms with Gasteiger partial charge in [0.05, 0.1) is 0 Å². The smallest absolute Gasteiger partial charge is 0.325 e. The van der Waals surface area contributed by atoms with Crippen LogP contribution in [0, 0.1) is 0 Å². The number of carboxylic acid groups (broad SMARTS) is 1. The van der Waals surface area contributed by atoms with E-state index in [1.54, 1.807) is 12.1 Å². The van der Waals surface area contributed by atoms with Gasteiger partial charge in [-0.3, -0.25) is 4.79 Å². The molecule has 5 nitrogen and oxygen atoms in total. The summed E-state index contributed by atoms with van der Waals surface area (Å²) in [5.74, 6) is -0.976. The highest BCUT2D eigenvalue weighted by atomic mass is 16.4. The van der Waals surface area contributed by atoms with Crippen molar-refractivity contribution in [2.24, 2.45) is 0 Å². The minimum atomic E-state index is -1.01. The summed E-state index contributed by atoms with van der Waals surface area (Å²) in [6, 6.07) is 5.25. The lowest BCUT2D eigenvalue weighted by Gasteiger charge is -2.14. The molecule has 1 unspecified atom stereocenters. The summed E-state index contributed by atoms with van der Waals surface area (Å²) in [4.78, 5) is 11.0. The maximum Gasteiger partial charge on any atom is 0.325 e. The number of aliphatic carboxylic acids is 1. The molecule has 0 bridgehead atoms. The van der Waals surface area contributed by atoms with Gasteiger partial charge in [-0.2, -0.15) is 0 Å². The fourth-order valence-corrected chi connectivity index (χ4v) is 1.38. The Morgan fingerprint density at radius 3 is 2.75 bits per heavy atom. The van der Waals surface area contributed by atoms with Crippen molar-refractivity contribution in [3.8, 4) is 5.75 Å². The number of hydrogen-bond acceptors (Lipinski definition) is 4. The molecule has 1 atom stereocenters. The Morgan fingerprint density at radius 2 is 2.19 bits per heavy atom. The van der Waals surface area contributed by atoms with E-state index < -0.39 is 12.0 Å². The SMILES string of the molecule is O=C(O)C(NCCCO)c1cccc(O)c1. The zero-order valence-electron chi connectivity index (χ0n) is 8.76. The number of carbonyl (C=O) groups is 1. The molecule has 0 aliphatic heterocycles. The third-order valence-corrected chi connectivity index (χ3v) is 2.13. The number of carboxylic acids is 1. The zero-order chi connectivity index (χ0) is 12.0. The molecule has 16 heavy (non-hydrogen) atoms. The van der Waals surface area contributed by atoms with Gasteiger partial charge in [0.1, 0.15) is 11.8 Å². The van der Waals surface area contributed by atoms with Crippen molar-refractivity contribution in [3.05, 3.63) is 29.8 Å². The molecule has 0 saturated heterocycles. The van der Waals surface area contributed by atoms with Gasteiger partial charge in [-0.25, -0.2) is 0 Å². The van der Waals surface area contributed by atoms with Gasteiger partial charge >= 0.3 is 5.97 Å². The van der Waals surface area contributed by atoms with E-state index in [9.17, 15) is 9.90 Å². The topological polar surface area (TPSA) is 89.8 Å². The third kappa shape index (κ3) is 3.52. The van der Waals surface area contributed by atoms with Crippen LogP contribution in [0.25, 0.3) is 0 Å². The van der Waals surface area contributed by atoms with Gasteiger partial charge in [-0.05, 0) is 30.7 Å². The van der Waals surface area contributed by atoms with E-state index in [1.165, 1.54) is 12.1 Å². The van der Waals surface area contributed by atoms with Gasteiger partial charge in [-0.1, -0.05) is 12.1 Å². The van der Waals surface area contributed by atoms with Gasteiger partial charge in [0.2, 0.25) is 0 Å². The third-order valence-electron chi connectivity index (χ3n) is 2.13. The van der Waals surface area contributed by atoms with Gasteiger partial charge in [0.25, 0.3) is 0 Å². The quantitative estimate of drug-likeness (QED) is 0.529. The molecule has 4 N–H and O–H groups in total. The minimum absolute atomic E-state index is 0.0133. The Morgan fingerprint density at radius 1 is 1.44 bits per heavy atom. The zero-order valence-corrected chi connectivity index (χ0v) is 8.76. The monoisotopic (exact) mass is 225 g/mol. The normalized spacial score (nSPS) is 12.3. The minimum Gasteiger partial charge on any atom is -0.508 e. The van der Waals surface area contributed by atoms with Crippen molar-refractivity contribution in [3.63, 3.8) is 0 Å². The average molecular weight is 225 g/mol. The molecule has 0 radical (unpaired) electrons. The molecule has 5 heteroatoms. The van der Waals surface area contributed by atoms with Crippen LogP contribution in [0.2, 0.25) is 0 Å². The Balaban J connectivity index is 2.73. The van der Waals surface area contributed by atoms with Crippen molar-refractivity contribution in [2.75, 3.05) is 13.2 Å². The Bertz CT molecular complexity index is 354. The molecule has 0 aliphatic carbocycles. The molecular weight excluding hydrogens is 210 g/mol. The van der Waals surface area contributed by atoms with Crippen molar-refractivity contribution < 1.29 is 20.1 Å². The second-order valence-corrected chi connectivity index (χ2v) is 3.40. The first kappa shape index (κ1) is 12.5. The summed E-state index contributed by atoms with van der Waals surface area (Å²) in [6.07, 6.45) is 0.489. The van der Waals surface area contributed by atoms with Crippen molar-refractivity contribution in [1.82, 2.24) is 5.32 Å². The Kier molecular flexibility index (Phi) is 4.75. The summed E-state index contributed by atoms with van der Waals surface area (Å²) in [7, 11) is 0. The first-order valence-corrected chi connectivity index (χ1v) is 5.01. The molecule has 1 rings (SSSR count). The fraction of sp³-hybridized carbons (Fsp3) is 0.364. The lowest BCUT2D eigenvalue weighted by Crippen LogP contribution is -2.29. The highest BCUT2D eigenvalue weighted by Gasteiger charge is 2.18. The summed E-state index contributed by atoms with van der Waals surface area (Å²) in [6.45, 7) is 0.419. The number of phenolic OH excluding ortho intramolecular Hbond substituents is 1.